The van der Waals surface area contributed by atoms with E-state index in [-0.39, 0.29) is 23.1 Å². The molecule has 0 aliphatic heterocycles. The third kappa shape index (κ3) is 4.56. The first-order valence-electron chi connectivity index (χ1n) is 8.31. The quantitative estimate of drug-likeness (QED) is 0.479. The third-order valence-corrected chi connectivity index (χ3v) is 3.91. The van der Waals surface area contributed by atoms with Crippen LogP contribution in [0.5, 0.6) is 5.75 Å². The van der Waals surface area contributed by atoms with Crippen LogP contribution in [-0.2, 0) is 0 Å². The van der Waals surface area contributed by atoms with Gasteiger partial charge < -0.3 is 26.8 Å². The van der Waals surface area contributed by atoms with Gasteiger partial charge in [0.15, 0.2) is 11.6 Å². The number of benzene rings is 2. The minimum absolute atomic E-state index is 0.110. The van der Waals surface area contributed by atoms with Gasteiger partial charge in [0.05, 0.1) is 19.0 Å². The van der Waals surface area contributed by atoms with Gasteiger partial charge in [-0.25, -0.2) is 9.37 Å². The van der Waals surface area contributed by atoms with E-state index in [1.165, 1.54) is 25.3 Å². The first-order valence-corrected chi connectivity index (χ1v) is 8.31. The number of primary amides is 2. The first-order chi connectivity index (χ1) is 13.9. The van der Waals surface area contributed by atoms with Gasteiger partial charge in [0.2, 0.25) is 17.8 Å². The maximum atomic E-state index is 14.2. The number of carbonyl (C=O) groups is 2. The fourth-order valence-corrected chi connectivity index (χ4v) is 2.44. The zero-order valence-corrected chi connectivity index (χ0v) is 15.3. The molecule has 0 aliphatic rings. The van der Waals surface area contributed by atoms with Gasteiger partial charge in [0.25, 0.3) is 0 Å². The van der Waals surface area contributed by atoms with Gasteiger partial charge in [0, 0.05) is 16.8 Å². The van der Waals surface area contributed by atoms with Crippen LogP contribution >= 0.6 is 0 Å². The van der Waals surface area contributed by atoms with Gasteiger partial charge in [-0.2, -0.15) is 4.98 Å². The molecule has 0 unspecified atom stereocenters. The van der Waals surface area contributed by atoms with E-state index in [9.17, 15) is 14.0 Å². The lowest BCUT2D eigenvalue weighted by Gasteiger charge is -2.13. The molecule has 3 aromatic rings. The van der Waals surface area contributed by atoms with E-state index in [1.54, 1.807) is 24.3 Å². The van der Waals surface area contributed by atoms with Crippen LogP contribution in [0.1, 0.15) is 20.7 Å². The Balaban J connectivity index is 1.84. The number of methoxy groups -OCH3 is 1. The van der Waals surface area contributed by atoms with Crippen LogP contribution in [0.2, 0.25) is 0 Å². The lowest BCUT2D eigenvalue weighted by molar-refractivity contribution is 0.0991. The number of amides is 2. The minimum atomic E-state index is -0.694. The SMILES string of the molecule is COc1cc(C(N)=O)ccc1Nc1nc(Nc2ccc(C(N)=O)cc2)ncc1F. The highest BCUT2D eigenvalue weighted by atomic mass is 19.1. The van der Waals surface area contributed by atoms with Crippen LogP contribution in [0.25, 0.3) is 0 Å². The van der Waals surface area contributed by atoms with E-state index in [0.717, 1.165) is 6.20 Å². The van der Waals surface area contributed by atoms with E-state index < -0.39 is 17.6 Å². The molecule has 0 saturated heterocycles. The molecule has 10 heteroatoms. The van der Waals surface area contributed by atoms with Crippen LogP contribution in [0.3, 0.4) is 0 Å². The molecule has 1 heterocycles. The van der Waals surface area contributed by atoms with Crippen LogP contribution in [0, 0.1) is 5.82 Å². The molecule has 0 saturated carbocycles. The molecule has 0 aliphatic carbocycles. The van der Waals surface area contributed by atoms with Gasteiger partial charge in [-0.3, -0.25) is 9.59 Å². The Morgan fingerprint density at radius 3 is 2.28 bits per heavy atom. The highest BCUT2D eigenvalue weighted by Gasteiger charge is 2.13. The normalized spacial score (nSPS) is 10.3. The third-order valence-electron chi connectivity index (χ3n) is 3.91. The number of halogens is 1. The molecule has 6 N–H and O–H groups in total. The number of aromatic nitrogens is 2. The highest BCUT2D eigenvalue weighted by Crippen LogP contribution is 2.29. The predicted octanol–water partition coefficient (Wildman–Crippen LogP) is 2.31. The molecular formula is C19H17FN6O3. The summed E-state index contributed by atoms with van der Waals surface area (Å²) >= 11 is 0. The van der Waals surface area contributed by atoms with Crippen molar-refractivity contribution in [1.29, 1.82) is 0 Å². The lowest BCUT2D eigenvalue weighted by atomic mass is 10.2. The average Bonchev–Trinajstić information content (AvgIpc) is 2.71. The van der Waals surface area contributed by atoms with Crippen molar-refractivity contribution in [2.45, 2.75) is 0 Å². The zero-order chi connectivity index (χ0) is 21.0. The van der Waals surface area contributed by atoms with Gasteiger partial charge in [0.1, 0.15) is 5.75 Å². The summed E-state index contributed by atoms with van der Waals surface area (Å²) in [6.07, 6.45) is 1.000. The number of nitrogens with two attached hydrogens (primary N) is 2. The molecule has 1 aromatic heterocycles. The molecule has 29 heavy (non-hydrogen) atoms. The number of carbonyl (C=O) groups excluding carboxylic acids is 2. The summed E-state index contributed by atoms with van der Waals surface area (Å²) in [5.74, 6) is -1.55. The Hall–Kier alpha value is -4.21. The summed E-state index contributed by atoms with van der Waals surface area (Å²) in [4.78, 5) is 30.4. The van der Waals surface area contributed by atoms with Crippen molar-refractivity contribution in [3.05, 3.63) is 65.6 Å². The Morgan fingerprint density at radius 1 is 1.00 bits per heavy atom. The number of anilines is 4. The maximum Gasteiger partial charge on any atom is 0.248 e. The van der Waals surface area contributed by atoms with Crippen LogP contribution in [0.4, 0.5) is 27.5 Å². The van der Waals surface area contributed by atoms with Crippen molar-refractivity contribution in [1.82, 2.24) is 9.97 Å². The smallest absolute Gasteiger partial charge is 0.248 e. The molecule has 9 nitrogen and oxygen atoms in total. The Kier molecular flexibility index (Phi) is 5.54. The number of ether oxygens (including phenoxy) is 1. The van der Waals surface area contributed by atoms with Gasteiger partial charge in [-0.05, 0) is 42.5 Å². The second kappa shape index (κ2) is 8.21. The van der Waals surface area contributed by atoms with Crippen molar-refractivity contribution < 1.29 is 18.7 Å². The minimum Gasteiger partial charge on any atom is -0.495 e. The van der Waals surface area contributed by atoms with E-state index >= 15 is 0 Å². The standard InChI is InChI=1S/C19H17FN6O3/c1-29-15-8-11(17(22)28)4-7-14(15)25-18-13(20)9-23-19(26-18)24-12-5-2-10(3-6-12)16(21)27/h2-9H,1H3,(H2,21,27)(H2,22,28)(H2,23,24,25,26). The number of rotatable bonds is 7. The van der Waals surface area contributed by atoms with Gasteiger partial charge in [-0.15, -0.1) is 0 Å². The lowest BCUT2D eigenvalue weighted by Crippen LogP contribution is -2.11. The van der Waals surface area contributed by atoms with Crippen molar-refractivity contribution in [2.75, 3.05) is 17.7 Å². The first kappa shape index (κ1) is 19.5. The molecule has 2 aromatic carbocycles. The van der Waals surface area contributed by atoms with Gasteiger partial charge >= 0.3 is 0 Å². The fraction of sp³-hybridized carbons (Fsp3) is 0.0526. The Morgan fingerprint density at radius 2 is 1.66 bits per heavy atom. The summed E-state index contributed by atoms with van der Waals surface area (Å²) in [6.45, 7) is 0. The number of hydrogen-bond acceptors (Lipinski definition) is 7. The fourth-order valence-electron chi connectivity index (χ4n) is 2.44. The van der Waals surface area contributed by atoms with Crippen LogP contribution in [-0.4, -0.2) is 28.9 Å². The largest absolute Gasteiger partial charge is 0.495 e. The van der Waals surface area contributed by atoms with Crippen molar-refractivity contribution in [3.63, 3.8) is 0 Å². The maximum absolute atomic E-state index is 14.2. The second-order valence-electron chi connectivity index (χ2n) is 5.86. The number of hydrogen-bond donors (Lipinski definition) is 4. The topological polar surface area (TPSA) is 145 Å². The Labute approximate surface area is 164 Å². The monoisotopic (exact) mass is 396 g/mol. The summed E-state index contributed by atoms with van der Waals surface area (Å²) in [6, 6.07) is 10.7. The van der Waals surface area contributed by atoms with E-state index in [4.69, 9.17) is 16.2 Å². The summed E-state index contributed by atoms with van der Waals surface area (Å²) < 4.78 is 19.4. The van der Waals surface area contributed by atoms with Crippen molar-refractivity contribution in [2.24, 2.45) is 11.5 Å². The summed E-state index contributed by atoms with van der Waals surface area (Å²) in [7, 11) is 1.41. The molecule has 0 atom stereocenters. The van der Waals surface area contributed by atoms with E-state index in [2.05, 4.69) is 20.6 Å². The zero-order valence-electron chi connectivity index (χ0n) is 15.3. The molecule has 0 fully saturated rings. The Bertz CT molecular complexity index is 1070. The van der Waals surface area contributed by atoms with Gasteiger partial charge in [-0.1, -0.05) is 0 Å². The van der Waals surface area contributed by atoms with Crippen LogP contribution in [0.15, 0.2) is 48.7 Å². The molecule has 148 valence electrons. The molecule has 3 rings (SSSR count). The molecule has 2 amide bonds. The summed E-state index contributed by atoms with van der Waals surface area (Å²) in [5, 5.41) is 5.71. The van der Waals surface area contributed by atoms with Crippen molar-refractivity contribution >= 4 is 35.0 Å². The summed E-state index contributed by atoms with van der Waals surface area (Å²) in [5.41, 5.74) is 12.0. The molecule has 0 spiro atoms. The van der Waals surface area contributed by atoms with E-state index in [1.807, 2.05) is 0 Å². The molecular weight excluding hydrogens is 379 g/mol. The number of nitrogens with one attached hydrogen (secondary N) is 2. The second-order valence-corrected chi connectivity index (χ2v) is 5.86. The molecule has 0 radical (unpaired) electrons. The predicted molar refractivity (Wildman–Crippen MR) is 105 cm³/mol. The van der Waals surface area contributed by atoms with E-state index in [0.29, 0.717) is 16.9 Å². The van der Waals surface area contributed by atoms with Crippen molar-refractivity contribution in [3.8, 4) is 5.75 Å². The van der Waals surface area contributed by atoms with Crippen LogP contribution < -0.4 is 26.8 Å². The molecule has 0 bridgehead atoms. The number of nitrogens with zero attached hydrogens (tertiary/aromatic N) is 2. The highest BCUT2D eigenvalue weighted by molar-refractivity contribution is 5.94. The average molecular weight is 396 g/mol.